The molecule has 0 spiro atoms. The number of imidazole rings is 1. The Morgan fingerprint density at radius 1 is 1.45 bits per heavy atom. The standard InChI is InChI=1S/C17H24N4O/c1-2-16-20-14-7-3-4-8-15(14)21(16)12-17(22)19-11-13-6-5-9-18-10-13/h3-4,7-8,13,18H,2,5-6,9-12H2,1H3,(H,19,22). The highest BCUT2D eigenvalue weighted by Gasteiger charge is 2.15. The minimum atomic E-state index is 0.0726. The van der Waals surface area contributed by atoms with Gasteiger partial charge in [0.25, 0.3) is 0 Å². The topological polar surface area (TPSA) is 59.0 Å². The van der Waals surface area contributed by atoms with Crippen LogP contribution in [0.1, 0.15) is 25.6 Å². The Kier molecular flexibility index (Phi) is 4.73. The van der Waals surface area contributed by atoms with Gasteiger partial charge in [0.05, 0.1) is 11.0 Å². The van der Waals surface area contributed by atoms with E-state index < -0.39 is 0 Å². The van der Waals surface area contributed by atoms with E-state index in [2.05, 4.69) is 22.5 Å². The van der Waals surface area contributed by atoms with Crippen molar-refractivity contribution in [3.05, 3.63) is 30.1 Å². The second kappa shape index (κ2) is 6.92. The molecular formula is C17H24N4O. The molecule has 1 unspecified atom stereocenters. The molecule has 22 heavy (non-hydrogen) atoms. The van der Waals surface area contributed by atoms with E-state index in [4.69, 9.17) is 0 Å². The molecule has 1 aliphatic heterocycles. The van der Waals surface area contributed by atoms with E-state index in [-0.39, 0.29) is 5.91 Å². The van der Waals surface area contributed by atoms with Crippen molar-refractivity contribution >= 4 is 16.9 Å². The fourth-order valence-electron chi connectivity index (χ4n) is 3.13. The Morgan fingerprint density at radius 3 is 3.09 bits per heavy atom. The van der Waals surface area contributed by atoms with Crippen molar-refractivity contribution in [1.82, 2.24) is 20.2 Å². The monoisotopic (exact) mass is 300 g/mol. The van der Waals surface area contributed by atoms with Gasteiger partial charge in [-0.1, -0.05) is 19.1 Å². The van der Waals surface area contributed by atoms with Crippen LogP contribution in [0.3, 0.4) is 0 Å². The number of aromatic nitrogens is 2. The summed E-state index contributed by atoms with van der Waals surface area (Å²) in [4.78, 5) is 16.9. The van der Waals surface area contributed by atoms with Gasteiger partial charge in [-0.15, -0.1) is 0 Å². The molecule has 0 radical (unpaired) electrons. The van der Waals surface area contributed by atoms with Crippen molar-refractivity contribution in [3.63, 3.8) is 0 Å². The minimum Gasteiger partial charge on any atom is -0.354 e. The van der Waals surface area contributed by atoms with Crippen LogP contribution in [0.2, 0.25) is 0 Å². The van der Waals surface area contributed by atoms with Crippen LogP contribution >= 0.6 is 0 Å². The number of benzene rings is 1. The second-order valence-corrected chi connectivity index (χ2v) is 5.97. The zero-order chi connectivity index (χ0) is 15.4. The lowest BCUT2D eigenvalue weighted by Gasteiger charge is -2.23. The largest absolute Gasteiger partial charge is 0.354 e. The maximum Gasteiger partial charge on any atom is 0.240 e. The van der Waals surface area contributed by atoms with E-state index in [9.17, 15) is 4.79 Å². The Morgan fingerprint density at radius 2 is 2.32 bits per heavy atom. The molecule has 2 aromatic rings. The van der Waals surface area contributed by atoms with E-state index in [1.54, 1.807) is 0 Å². The third kappa shape index (κ3) is 3.30. The maximum absolute atomic E-state index is 12.3. The summed E-state index contributed by atoms with van der Waals surface area (Å²) in [5, 5.41) is 6.46. The highest BCUT2D eigenvalue weighted by Crippen LogP contribution is 2.16. The number of hydrogen-bond acceptors (Lipinski definition) is 3. The molecule has 1 aromatic carbocycles. The fraction of sp³-hybridized carbons (Fsp3) is 0.529. The summed E-state index contributed by atoms with van der Waals surface area (Å²) in [6.07, 6.45) is 3.22. The van der Waals surface area contributed by atoms with Crippen molar-refractivity contribution in [2.75, 3.05) is 19.6 Å². The van der Waals surface area contributed by atoms with Crippen LogP contribution in [0.15, 0.2) is 24.3 Å². The number of hydrogen-bond donors (Lipinski definition) is 2. The summed E-state index contributed by atoms with van der Waals surface area (Å²) in [7, 11) is 0. The predicted octanol–water partition coefficient (Wildman–Crippen LogP) is 1.71. The van der Waals surface area contributed by atoms with Crippen LogP contribution in [-0.4, -0.2) is 35.1 Å². The van der Waals surface area contributed by atoms with E-state index in [1.807, 2.05) is 28.8 Å². The molecule has 5 nitrogen and oxygen atoms in total. The highest BCUT2D eigenvalue weighted by molar-refractivity contribution is 5.81. The van der Waals surface area contributed by atoms with Crippen LogP contribution < -0.4 is 10.6 Å². The first kappa shape index (κ1) is 15.0. The van der Waals surface area contributed by atoms with Crippen LogP contribution in [0.4, 0.5) is 0 Å². The van der Waals surface area contributed by atoms with Gasteiger partial charge in [-0.05, 0) is 44.0 Å². The zero-order valence-electron chi connectivity index (χ0n) is 13.1. The summed E-state index contributed by atoms with van der Waals surface area (Å²) in [6, 6.07) is 8.00. The minimum absolute atomic E-state index is 0.0726. The number of carbonyl (C=O) groups is 1. The van der Waals surface area contributed by atoms with Crippen molar-refractivity contribution < 1.29 is 4.79 Å². The highest BCUT2D eigenvalue weighted by atomic mass is 16.1. The van der Waals surface area contributed by atoms with Crippen LogP contribution in [-0.2, 0) is 17.8 Å². The van der Waals surface area contributed by atoms with E-state index in [0.29, 0.717) is 12.5 Å². The third-order valence-corrected chi connectivity index (χ3v) is 4.34. The van der Waals surface area contributed by atoms with E-state index >= 15 is 0 Å². The first-order valence-electron chi connectivity index (χ1n) is 8.19. The number of piperidine rings is 1. The Labute approximate surface area is 131 Å². The summed E-state index contributed by atoms with van der Waals surface area (Å²) in [5.74, 6) is 1.60. The van der Waals surface area contributed by atoms with Gasteiger partial charge in [0.15, 0.2) is 0 Å². The molecule has 1 atom stereocenters. The van der Waals surface area contributed by atoms with Gasteiger partial charge in [0, 0.05) is 13.0 Å². The number of amides is 1. The SMILES string of the molecule is CCc1nc2ccccc2n1CC(=O)NCC1CCCNC1. The lowest BCUT2D eigenvalue weighted by Crippen LogP contribution is -2.39. The van der Waals surface area contributed by atoms with Gasteiger partial charge in [-0.2, -0.15) is 0 Å². The molecule has 1 amide bonds. The average Bonchev–Trinajstić information content (AvgIpc) is 2.92. The van der Waals surface area contributed by atoms with Crippen molar-refractivity contribution in [3.8, 4) is 0 Å². The molecule has 0 aliphatic carbocycles. The van der Waals surface area contributed by atoms with Crippen LogP contribution in [0.25, 0.3) is 11.0 Å². The predicted molar refractivity (Wildman–Crippen MR) is 87.7 cm³/mol. The van der Waals surface area contributed by atoms with Gasteiger partial charge in [-0.3, -0.25) is 4.79 Å². The molecule has 1 aliphatic rings. The van der Waals surface area contributed by atoms with Crippen LogP contribution in [0, 0.1) is 5.92 Å². The Balaban J connectivity index is 1.65. The lowest BCUT2D eigenvalue weighted by molar-refractivity contribution is -0.121. The van der Waals surface area contributed by atoms with Crippen LogP contribution in [0.5, 0.6) is 0 Å². The lowest BCUT2D eigenvalue weighted by atomic mass is 10.00. The smallest absolute Gasteiger partial charge is 0.240 e. The molecular weight excluding hydrogens is 276 g/mol. The maximum atomic E-state index is 12.3. The molecule has 3 rings (SSSR count). The first-order chi connectivity index (χ1) is 10.8. The summed E-state index contributed by atoms with van der Waals surface area (Å²) in [5.41, 5.74) is 2.00. The average molecular weight is 300 g/mol. The second-order valence-electron chi connectivity index (χ2n) is 5.97. The number of nitrogens with zero attached hydrogens (tertiary/aromatic N) is 2. The molecule has 1 fully saturated rings. The quantitative estimate of drug-likeness (QED) is 0.884. The number of carbonyl (C=O) groups excluding carboxylic acids is 1. The van der Waals surface area contributed by atoms with Crippen molar-refractivity contribution in [2.45, 2.75) is 32.7 Å². The fourth-order valence-corrected chi connectivity index (χ4v) is 3.13. The molecule has 1 saturated heterocycles. The number of fused-ring (bicyclic) bond motifs is 1. The van der Waals surface area contributed by atoms with Crippen molar-refractivity contribution in [2.24, 2.45) is 5.92 Å². The number of rotatable bonds is 5. The molecule has 1 aromatic heterocycles. The molecule has 2 N–H and O–H groups in total. The normalized spacial score (nSPS) is 18.5. The summed E-state index contributed by atoms with van der Waals surface area (Å²) < 4.78 is 2.03. The van der Waals surface area contributed by atoms with Gasteiger partial charge >= 0.3 is 0 Å². The molecule has 5 heteroatoms. The van der Waals surface area contributed by atoms with Gasteiger partial charge in [-0.25, -0.2) is 4.98 Å². The number of nitrogens with one attached hydrogen (secondary N) is 2. The Bertz CT molecular complexity index is 643. The van der Waals surface area contributed by atoms with E-state index in [0.717, 1.165) is 42.9 Å². The van der Waals surface area contributed by atoms with Gasteiger partial charge in [0.1, 0.15) is 12.4 Å². The van der Waals surface area contributed by atoms with Crippen molar-refractivity contribution in [1.29, 1.82) is 0 Å². The summed E-state index contributed by atoms with van der Waals surface area (Å²) >= 11 is 0. The van der Waals surface area contributed by atoms with E-state index in [1.165, 1.54) is 12.8 Å². The third-order valence-electron chi connectivity index (χ3n) is 4.34. The summed E-state index contributed by atoms with van der Waals surface area (Å²) in [6.45, 7) is 5.30. The van der Waals surface area contributed by atoms with Gasteiger partial charge < -0.3 is 15.2 Å². The molecule has 0 bridgehead atoms. The van der Waals surface area contributed by atoms with Gasteiger partial charge in [0.2, 0.25) is 5.91 Å². The Hall–Kier alpha value is -1.88. The number of aryl methyl sites for hydroxylation is 1. The molecule has 0 saturated carbocycles. The molecule has 2 heterocycles. The zero-order valence-corrected chi connectivity index (χ0v) is 13.1. The first-order valence-corrected chi connectivity index (χ1v) is 8.19. The number of para-hydroxylation sites is 2. The molecule has 118 valence electrons.